The minimum atomic E-state index is -1.13. The Morgan fingerprint density at radius 1 is 1.03 bits per heavy atom. The zero-order valence-corrected chi connectivity index (χ0v) is 19.8. The van der Waals surface area contributed by atoms with E-state index in [-0.39, 0.29) is 0 Å². The molecular formula is C24H30N6O2S. The van der Waals surface area contributed by atoms with E-state index < -0.39 is 11.0 Å². The van der Waals surface area contributed by atoms with E-state index >= 15 is 0 Å². The highest BCUT2D eigenvalue weighted by atomic mass is 32.2. The minimum absolute atomic E-state index is 0.495. The Balaban J connectivity index is 1.36. The second kappa shape index (κ2) is 11.1. The van der Waals surface area contributed by atoms with Crippen molar-refractivity contribution in [1.82, 2.24) is 14.9 Å². The number of benzene rings is 2. The fourth-order valence-electron chi connectivity index (χ4n) is 3.65. The molecule has 3 aromatic rings. The second-order valence-electron chi connectivity index (χ2n) is 8.03. The van der Waals surface area contributed by atoms with Crippen molar-refractivity contribution < 1.29 is 8.95 Å². The molecule has 1 aromatic heterocycles. The highest BCUT2D eigenvalue weighted by Crippen LogP contribution is 2.24. The summed E-state index contributed by atoms with van der Waals surface area (Å²) in [5, 5.41) is 6.56. The molecular weight excluding hydrogens is 436 g/mol. The monoisotopic (exact) mass is 466 g/mol. The van der Waals surface area contributed by atoms with Crippen LogP contribution in [0.25, 0.3) is 0 Å². The topological polar surface area (TPSA) is 91.4 Å². The Labute approximate surface area is 197 Å². The summed E-state index contributed by atoms with van der Waals surface area (Å²) in [4.78, 5) is 11.5. The first-order valence-corrected chi connectivity index (χ1v) is 12.6. The number of hydrogen-bond acceptors (Lipinski definition) is 7. The summed E-state index contributed by atoms with van der Waals surface area (Å²) in [5.41, 5.74) is 3.41. The maximum absolute atomic E-state index is 11.4. The summed E-state index contributed by atoms with van der Waals surface area (Å²) in [7, 11) is -1.13. The number of ether oxygens (including phenoxy) is 1. The van der Waals surface area contributed by atoms with Crippen molar-refractivity contribution in [3.05, 3.63) is 60.3 Å². The first-order valence-electron chi connectivity index (χ1n) is 11.1. The average molecular weight is 467 g/mol. The maximum atomic E-state index is 11.4. The van der Waals surface area contributed by atoms with Gasteiger partial charge in [-0.3, -0.25) is 4.90 Å². The Bertz CT molecular complexity index is 1090. The van der Waals surface area contributed by atoms with Gasteiger partial charge in [0.15, 0.2) is 0 Å². The lowest BCUT2D eigenvalue weighted by Crippen LogP contribution is -2.25. The van der Waals surface area contributed by atoms with Gasteiger partial charge in [0.25, 0.3) is 0 Å². The van der Waals surface area contributed by atoms with Crippen LogP contribution in [0.4, 0.5) is 28.8 Å². The zero-order chi connectivity index (χ0) is 23.0. The Kier molecular flexibility index (Phi) is 7.74. The van der Waals surface area contributed by atoms with Gasteiger partial charge in [0.1, 0.15) is 29.2 Å². The first-order chi connectivity index (χ1) is 16.0. The van der Waals surface area contributed by atoms with Crippen LogP contribution in [0, 0.1) is 6.92 Å². The third kappa shape index (κ3) is 6.90. The number of anilines is 5. The molecule has 0 radical (unpaired) electrons. The van der Waals surface area contributed by atoms with Gasteiger partial charge in [-0.15, -0.1) is 0 Å². The summed E-state index contributed by atoms with van der Waals surface area (Å²) in [6, 6.07) is 15.4. The van der Waals surface area contributed by atoms with E-state index in [1.165, 1.54) is 25.9 Å². The van der Waals surface area contributed by atoms with Crippen molar-refractivity contribution in [2.45, 2.75) is 19.8 Å². The molecule has 1 unspecified atom stereocenters. The van der Waals surface area contributed by atoms with Crippen molar-refractivity contribution >= 4 is 39.8 Å². The van der Waals surface area contributed by atoms with E-state index in [2.05, 4.69) is 30.2 Å². The molecule has 1 saturated heterocycles. The molecule has 0 saturated carbocycles. The standard InChI is InChI=1S/C24H30N6O2S/c1-18-17-25-24(28-23(18)26-20-6-5-7-21(16-20)29-33(2)31)27-19-8-10-22(11-9-19)32-15-14-30-12-3-4-13-30/h5-11,16-17,29H,3-4,12-15H2,1-2H3,(H2,25,26,27,28). The maximum Gasteiger partial charge on any atom is 0.229 e. The Hall–Kier alpha value is -3.17. The summed E-state index contributed by atoms with van der Waals surface area (Å²) in [6.45, 7) is 5.99. The molecule has 1 aliphatic rings. The van der Waals surface area contributed by atoms with E-state index in [4.69, 9.17) is 4.74 Å². The molecule has 4 rings (SSSR count). The number of hydrogen-bond donors (Lipinski definition) is 3. The van der Waals surface area contributed by atoms with E-state index in [1.54, 1.807) is 12.5 Å². The van der Waals surface area contributed by atoms with Gasteiger partial charge in [-0.25, -0.2) is 9.19 Å². The molecule has 1 fully saturated rings. The van der Waals surface area contributed by atoms with E-state index in [0.717, 1.165) is 34.9 Å². The van der Waals surface area contributed by atoms with Crippen LogP contribution in [-0.4, -0.2) is 51.6 Å². The summed E-state index contributed by atoms with van der Waals surface area (Å²) >= 11 is 0. The van der Waals surface area contributed by atoms with Crippen molar-refractivity contribution in [1.29, 1.82) is 0 Å². The Morgan fingerprint density at radius 3 is 2.55 bits per heavy atom. The van der Waals surface area contributed by atoms with Crippen LogP contribution in [0.2, 0.25) is 0 Å². The average Bonchev–Trinajstić information content (AvgIpc) is 3.31. The highest BCUT2D eigenvalue weighted by Gasteiger charge is 2.11. The number of aryl methyl sites for hydroxylation is 1. The number of nitrogens with one attached hydrogen (secondary N) is 3. The molecule has 0 spiro atoms. The van der Waals surface area contributed by atoms with E-state index in [0.29, 0.717) is 18.4 Å². The third-order valence-corrected chi connectivity index (χ3v) is 5.87. The van der Waals surface area contributed by atoms with Crippen LogP contribution in [0.15, 0.2) is 54.7 Å². The van der Waals surface area contributed by atoms with Gasteiger partial charge in [0.05, 0.1) is 0 Å². The summed E-state index contributed by atoms with van der Waals surface area (Å²) in [6.07, 6.45) is 5.96. The van der Waals surface area contributed by atoms with Crippen molar-refractivity contribution in [2.75, 3.05) is 47.9 Å². The number of rotatable bonds is 10. The molecule has 174 valence electrons. The molecule has 0 amide bonds. The molecule has 0 bridgehead atoms. The SMILES string of the molecule is Cc1cnc(Nc2ccc(OCCN3CCCC3)cc2)nc1Nc1cccc(NS(C)=O)c1. The van der Waals surface area contributed by atoms with Gasteiger partial charge < -0.3 is 20.1 Å². The summed E-state index contributed by atoms with van der Waals surface area (Å²) < 4.78 is 20.2. The quantitative estimate of drug-likeness (QED) is 0.406. The zero-order valence-electron chi connectivity index (χ0n) is 19.0. The van der Waals surface area contributed by atoms with Crippen LogP contribution in [0.3, 0.4) is 0 Å². The first kappa shape index (κ1) is 23.0. The van der Waals surface area contributed by atoms with Crippen LogP contribution in [-0.2, 0) is 11.0 Å². The number of nitrogens with zero attached hydrogens (tertiary/aromatic N) is 3. The van der Waals surface area contributed by atoms with Gasteiger partial charge in [-0.05, 0) is 75.3 Å². The predicted octanol–water partition coefficient (Wildman–Crippen LogP) is 4.45. The fourth-order valence-corrected chi connectivity index (χ4v) is 4.11. The predicted molar refractivity (Wildman–Crippen MR) is 135 cm³/mol. The van der Waals surface area contributed by atoms with Crippen LogP contribution >= 0.6 is 0 Å². The summed E-state index contributed by atoms with van der Waals surface area (Å²) in [5.74, 6) is 2.05. The van der Waals surface area contributed by atoms with Crippen LogP contribution < -0.4 is 20.1 Å². The molecule has 2 heterocycles. The van der Waals surface area contributed by atoms with Gasteiger partial charge in [-0.1, -0.05) is 6.07 Å². The second-order valence-corrected chi connectivity index (χ2v) is 9.15. The van der Waals surface area contributed by atoms with Gasteiger partial charge in [0, 0.05) is 41.6 Å². The molecule has 1 aliphatic heterocycles. The molecule has 8 nitrogen and oxygen atoms in total. The van der Waals surface area contributed by atoms with Crippen molar-refractivity contribution in [3.8, 4) is 5.75 Å². The van der Waals surface area contributed by atoms with E-state index in [1.807, 2.05) is 55.5 Å². The fraction of sp³-hybridized carbons (Fsp3) is 0.333. The lowest BCUT2D eigenvalue weighted by molar-refractivity contribution is 0.238. The van der Waals surface area contributed by atoms with Gasteiger partial charge in [-0.2, -0.15) is 4.98 Å². The molecule has 33 heavy (non-hydrogen) atoms. The van der Waals surface area contributed by atoms with Crippen LogP contribution in [0.5, 0.6) is 5.75 Å². The number of likely N-dealkylation sites (tertiary alicyclic amines) is 1. The normalized spacial score (nSPS) is 14.6. The lowest BCUT2D eigenvalue weighted by atomic mass is 10.2. The van der Waals surface area contributed by atoms with Crippen molar-refractivity contribution in [3.63, 3.8) is 0 Å². The van der Waals surface area contributed by atoms with Gasteiger partial charge >= 0.3 is 0 Å². The lowest BCUT2D eigenvalue weighted by Gasteiger charge is -2.15. The minimum Gasteiger partial charge on any atom is -0.492 e. The van der Waals surface area contributed by atoms with Crippen molar-refractivity contribution in [2.24, 2.45) is 0 Å². The smallest absolute Gasteiger partial charge is 0.229 e. The highest BCUT2D eigenvalue weighted by molar-refractivity contribution is 7.85. The number of aromatic nitrogens is 2. The largest absolute Gasteiger partial charge is 0.492 e. The molecule has 2 aromatic carbocycles. The molecule has 3 N–H and O–H groups in total. The Morgan fingerprint density at radius 2 is 1.79 bits per heavy atom. The molecule has 0 aliphatic carbocycles. The van der Waals surface area contributed by atoms with Gasteiger partial charge in [0.2, 0.25) is 5.95 Å². The molecule has 1 atom stereocenters. The molecule has 9 heteroatoms. The van der Waals surface area contributed by atoms with E-state index in [9.17, 15) is 4.21 Å². The van der Waals surface area contributed by atoms with Crippen LogP contribution in [0.1, 0.15) is 18.4 Å². The third-order valence-electron chi connectivity index (χ3n) is 5.34.